The van der Waals surface area contributed by atoms with Crippen LogP contribution in [0.4, 0.5) is 10.9 Å². The van der Waals surface area contributed by atoms with Gasteiger partial charge in [0.25, 0.3) is 0 Å². The van der Waals surface area contributed by atoms with Crippen molar-refractivity contribution in [1.29, 1.82) is 5.26 Å². The Hall–Kier alpha value is -1.28. The fourth-order valence-electron chi connectivity index (χ4n) is 0.790. The summed E-state index contributed by atoms with van der Waals surface area (Å²) in [6.07, 6.45) is 0. The van der Waals surface area contributed by atoms with Crippen molar-refractivity contribution in [3.63, 3.8) is 0 Å². The van der Waals surface area contributed by atoms with Gasteiger partial charge in [0.15, 0.2) is 15.8 Å². The van der Waals surface area contributed by atoms with E-state index in [1.807, 2.05) is 6.92 Å². The van der Waals surface area contributed by atoms with Crippen LogP contribution in [0.3, 0.4) is 0 Å². The second-order valence-corrected chi connectivity index (χ2v) is 3.09. The first-order valence-electron chi connectivity index (χ1n) is 3.64. The predicted molar refractivity (Wildman–Crippen MR) is 50.5 cm³/mol. The molecule has 0 radical (unpaired) electrons. The maximum absolute atomic E-state index is 8.71. The topological polar surface area (TPSA) is 60.7 Å². The number of rotatable bonds is 3. The molecule has 0 fully saturated rings. The molecule has 0 atom stereocenters. The van der Waals surface area contributed by atoms with Crippen LogP contribution < -0.4 is 10.6 Å². The van der Waals surface area contributed by atoms with Gasteiger partial charge in [0.1, 0.15) is 6.07 Å². The molecule has 64 valence electrons. The average Bonchev–Trinajstić information content (AvgIpc) is 2.48. The quantitative estimate of drug-likeness (QED) is 0.743. The second kappa shape index (κ2) is 3.93. The Balaban J connectivity index is 2.93. The minimum absolute atomic E-state index is 0.626. The molecule has 0 aliphatic heterocycles. The summed E-state index contributed by atoms with van der Waals surface area (Å²) in [7, 11) is 1.79. The number of nitriles is 1. The highest BCUT2D eigenvalue weighted by atomic mass is 32.1. The lowest BCUT2D eigenvalue weighted by Crippen LogP contribution is -1.98. The molecule has 0 aliphatic carbocycles. The molecule has 0 spiro atoms. The molecule has 0 bridgehead atoms. The lowest BCUT2D eigenvalue weighted by molar-refractivity contribution is 1.17. The Bertz CT molecular complexity index is 299. The minimum Gasteiger partial charge on any atom is -0.368 e. The number of nitrogens with zero attached hydrogens (tertiary/aromatic N) is 2. The summed E-state index contributed by atoms with van der Waals surface area (Å²) in [5.41, 5.74) is 0. The molecule has 1 heterocycles. The lowest BCUT2D eigenvalue weighted by Gasteiger charge is -1.95. The standard InChI is InChI=1S/C7H10N4S/c1-3-10-6-5(4-8)12-7(9-2)11-6/h10H,3H2,1-2H3,(H,9,11). The summed E-state index contributed by atoms with van der Waals surface area (Å²) in [6.45, 7) is 2.75. The van der Waals surface area contributed by atoms with E-state index in [0.29, 0.717) is 10.7 Å². The summed E-state index contributed by atoms with van der Waals surface area (Å²) in [5.74, 6) is 0.675. The number of hydrogen-bond donors (Lipinski definition) is 2. The molecule has 1 aromatic rings. The van der Waals surface area contributed by atoms with Gasteiger partial charge in [-0.25, -0.2) is 4.98 Å². The molecule has 4 nitrogen and oxygen atoms in total. The molecule has 0 unspecified atom stereocenters. The Labute approximate surface area is 75.2 Å². The van der Waals surface area contributed by atoms with E-state index >= 15 is 0 Å². The average molecular weight is 182 g/mol. The van der Waals surface area contributed by atoms with Crippen LogP contribution in [0.1, 0.15) is 11.8 Å². The molecule has 0 saturated heterocycles. The monoisotopic (exact) mass is 182 g/mol. The molecule has 0 aliphatic rings. The van der Waals surface area contributed by atoms with Crippen molar-refractivity contribution in [2.75, 3.05) is 24.2 Å². The van der Waals surface area contributed by atoms with Gasteiger partial charge in [0.2, 0.25) is 0 Å². The van der Waals surface area contributed by atoms with Crippen LogP contribution in [0, 0.1) is 11.3 Å². The summed E-state index contributed by atoms with van der Waals surface area (Å²) >= 11 is 1.35. The van der Waals surface area contributed by atoms with Gasteiger partial charge in [-0.1, -0.05) is 11.3 Å². The van der Waals surface area contributed by atoms with E-state index < -0.39 is 0 Å². The molecule has 1 rings (SSSR count). The van der Waals surface area contributed by atoms with Gasteiger partial charge < -0.3 is 10.6 Å². The summed E-state index contributed by atoms with van der Waals surface area (Å²) in [5, 5.41) is 15.4. The number of hydrogen-bond acceptors (Lipinski definition) is 5. The number of aromatic nitrogens is 1. The zero-order chi connectivity index (χ0) is 8.97. The van der Waals surface area contributed by atoms with Crippen molar-refractivity contribution in [2.45, 2.75) is 6.92 Å². The summed E-state index contributed by atoms with van der Waals surface area (Å²) < 4.78 is 0. The molecule has 0 saturated carbocycles. The number of nitrogens with one attached hydrogen (secondary N) is 2. The molecule has 12 heavy (non-hydrogen) atoms. The highest BCUT2D eigenvalue weighted by Gasteiger charge is 2.07. The zero-order valence-electron chi connectivity index (χ0n) is 7.01. The molecular weight excluding hydrogens is 172 g/mol. The Morgan fingerprint density at radius 1 is 1.67 bits per heavy atom. The number of anilines is 2. The van der Waals surface area contributed by atoms with Gasteiger partial charge in [-0.3, -0.25) is 0 Å². The Morgan fingerprint density at radius 2 is 2.42 bits per heavy atom. The van der Waals surface area contributed by atoms with Gasteiger partial charge in [-0.2, -0.15) is 5.26 Å². The van der Waals surface area contributed by atoms with E-state index in [1.165, 1.54) is 11.3 Å². The predicted octanol–water partition coefficient (Wildman–Crippen LogP) is 1.49. The van der Waals surface area contributed by atoms with Crippen molar-refractivity contribution >= 4 is 22.3 Å². The van der Waals surface area contributed by atoms with Gasteiger partial charge in [-0.15, -0.1) is 0 Å². The molecular formula is C7H10N4S. The van der Waals surface area contributed by atoms with Gasteiger partial charge in [-0.05, 0) is 6.92 Å². The molecule has 2 N–H and O–H groups in total. The summed E-state index contributed by atoms with van der Waals surface area (Å²) in [4.78, 5) is 4.79. The summed E-state index contributed by atoms with van der Waals surface area (Å²) in [6, 6.07) is 2.09. The maximum atomic E-state index is 8.71. The Kier molecular flexibility index (Phi) is 2.88. The third-order valence-electron chi connectivity index (χ3n) is 1.29. The smallest absolute Gasteiger partial charge is 0.185 e. The highest BCUT2D eigenvalue weighted by Crippen LogP contribution is 2.25. The van der Waals surface area contributed by atoms with Crippen LogP contribution >= 0.6 is 11.3 Å². The van der Waals surface area contributed by atoms with E-state index in [9.17, 15) is 0 Å². The van der Waals surface area contributed by atoms with Crippen LogP contribution in [-0.4, -0.2) is 18.6 Å². The number of thiazole rings is 1. The normalized spacial score (nSPS) is 9.08. The van der Waals surface area contributed by atoms with E-state index in [1.54, 1.807) is 7.05 Å². The minimum atomic E-state index is 0.626. The van der Waals surface area contributed by atoms with Crippen LogP contribution in [0.15, 0.2) is 0 Å². The molecule has 0 aromatic carbocycles. The highest BCUT2D eigenvalue weighted by molar-refractivity contribution is 7.16. The van der Waals surface area contributed by atoms with Crippen molar-refractivity contribution < 1.29 is 0 Å². The fraction of sp³-hybridized carbons (Fsp3) is 0.429. The second-order valence-electron chi connectivity index (χ2n) is 2.09. The first kappa shape index (κ1) is 8.81. The molecule has 5 heteroatoms. The van der Waals surface area contributed by atoms with Crippen LogP contribution in [0.2, 0.25) is 0 Å². The SMILES string of the molecule is CCNc1nc(NC)sc1C#N. The van der Waals surface area contributed by atoms with Crippen molar-refractivity contribution in [3.8, 4) is 6.07 Å². The molecule has 1 aromatic heterocycles. The van der Waals surface area contributed by atoms with Gasteiger partial charge >= 0.3 is 0 Å². The largest absolute Gasteiger partial charge is 0.368 e. The van der Waals surface area contributed by atoms with E-state index in [2.05, 4.69) is 21.7 Å². The van der Waals surface area contributed by atoms with Crippen molar-refractivity contribution in [3.05, 3.63) is 4.88 Å². The molecule has 0 amide bonds. The van der Waals surface area contributed by atoms with Crippen molar-refractivity contribution in [2.24, 2.45) is 0 Å². The third kappa shape index (κ3) is 1.66. The van der Waals surface area contributed by atoms with Crippen LogP contribution in [0.5, 0.6) is 0 Å². The van der Waals surface area contributed by atoms with Gasteiger partial charge in [0.05, 0.1) is 0 Å². The van der Waals surface area contributed by atoms with Crippen LogP contribution in [0.25, 0.3) is 0 Å². The van der Waals surface area contributed by atoms with E-state index in [-0.39, 0.29) is 0 Å². The Morgan fingerprint density at radius 3 is 2.92 bits per heavy atom. The fourth-order valence-corrected chi connectivity index (χ4v) is 1.48. The van der Waals surface area contributed by atoms with E-state index in [0.717, 1.165) is 11.7 Å². The van der Waals surface area contributed by atoms with E-state index in [4.69, 9.17) is 5.26 Å². The third-order valence-corrected chi connectivity index (χ3v) is 2.26. The van der Waals surface area contributed by atoms with Crippen LogP contribution in [-0.2, 0) is 0 Å². The lowest BCUT2D eigenvalue weighted by atomic mass is 10.5. The first-order chi connectivity index (χ1) is 5.81. The van der Waals surface area contributed by atoms with Gasteiger partial charge in [0, 0.05) is 13.6 Å². The first-order valence-corrected chi connectivity index (χ1v) is 4.46. The zero-order valence-corrected chi connectivity index (χ0v) is 7.83. The van der Waals surface area contributed by atoms with Crippen molar-refractivity contribution in [1.82, 2.24) is 4.98 Å². The maximum Gasteiger partial charge on any atom is 0.185 e.